The average molecular weight is 332 g/mol. The van der Waals surface area contributed by atoms with Crippen LogP contribution in [-0.2, 0) is 9.59 Å². The Hall–Kier alpha value is -2.18. The van der Waals surface area contributed by atoms with Crippen molar-refractivity contribution in [3.63, 3.8) is 0 Å². The SMILES string of the molecule is CC(C)c1cccc(NC(=O)C(=O)NCC(O)c2ccsc2)c1. The molecule has 0 bridgehead atoms. The molecule has 1 unspecified atom stereocenters. The van der Waals surface area contributed by atoms with Crippen LogP contribution in [-0.4, -0.2) is 23.5 Å². The van der Waals surface area contributed by atoms with Gasteiger partial charge in [-0.15, -0.1) is 0 Å². The topological polar surface area (TPSA) is 78.4 Å². The zero-order valence-electron chi connectivity index (χ0n) is 13.1. The molecule has 3 N–H and O–H groups in total. The number of anilines is 1. The Balaban J connectivity index is 1.87. The molecule has 0 aliphatic rings. The molecule has 5 nitrogen and oxygen atoms in total. The van der Waals surface area contributed by atoms with E-state index in [2.05, 4.69) is 24.5 Å². The van der Waals surface area contributed by atoms with Crippen molar-refractivity contribution in [2.24, 2.45) is 0 Å². The van der Waals surface area contributed by atoms with E-state index in [1.807, 2.05) is 23.6 Å². The smallest absolute Gasteiger partial charge is 0.313 e. The molecule has 1 heterocycles. The summed E-state index contributed by atoms with van der Waals surface area (Å²) in [6, 6.07) is 9.16. The number of amides is 2. The Morgan fingerprint density at radius 2 is 1.96 bits per heavy atom. The van der Waals surface area contributed by atoms with Gasteiger partial charge in [0.25, 0.3) is 0 Å². The fourth-order valence-electron chi connectivity index (χ4n) is 2.02. The van der Waals surface area contributed by atoms with E-state index in [1.165, 1.54) is 11.3 Å². The van der Waals surface area contributed by atoms with Gasteiger partial charge in [0.2, 0.25) is 0 Å². The van der Waals surface area contributed by atoms with Gasteiger partial charge >= 0.3 is 11.8 Å². The minimum absolute atomic E-state index is 0.00494. The van der Waals surface area contributed by atoms with Crippen LogP contribution in [0.3, 0.4) is 0 Å². The molecule has 23 heavy (non-hydrogen) atoms. The first-order valence-corrected chi connectivity index (χ1v) is 8.31. The maximum atomic E-state index is 11.9. The molecular formula is C17H20N2O3S. The number of aliphatic hydroxyl groups is 1. The highest BCUT2D eigenvalue weighted by Crippen LogP contribution is 2.18. The van der Waals surface area contributed by atoms with E-state index in [9.17, 15) is 14.7 Å². The Morgan fingerprint density at radius 3 is 2.61 bits per heavy atom. The maximum Gasteiger partial charge on any atom is 0.313 e. The second kappa shape index (κ2) is 7.89. The van der Waals surface area contributed by atoms with Crippen LogP contribution >= 0.6 is 11.3 Å². The molecule has 0 fully saturated rings. The molecule has 2 rings (SSSR count). The number of benzene rings is 1. The molecule has 1 aromatic heterocycles. The number of thiophene rings is 1. The molecule has 0 aliphatic heterocycles. The zero-order valence-corrected chi connectivity index (χ0v) is 13.9. The van der Waals surface area contributed by atoms with Gasteiger partial charge in [0.15, 0.2) is 0 Å². The third-order valence-corrected chi connectivity index (χ3v) is 4.10. The lowest BCUT2D eigenvalue weighted by Crippen LogP contribution is -2.37. The van der Waals surface area contributed by atoms with Gasteiger partial charge in [-0.3, -0.25) is 9.59 Å². The number of nitrogens with one attached hydrogen (secondary N) is 2. The van der Waals surface area contributed by atoms with E-state index < -0.39 is 17.9 Å². The lowest BCUT2D eigenvalue weighted by molar-refractivity contribution is -0.136. The summed E-state index contributed by atoms with van der Waals surface area (Å²) in [4.78, 5) is 23.7. The van der Waals surface area contributed by atoms with E-state index in [1.54, 1.807) is 17.5 Å². The van der Waals surface area contributed by atoms with Crippen molar-refractivity contribution in [2.75, 3.05) is 11.9 Å². The molecule has 0 radical (unpaired) electrons. The lowest BCUT2D eigenvalue weighted by atomic mass is 10.0. The van der Waals surface area contributed by atoms with E-state index in [4.69, 9.17) is 0 Å². The van der Waals surface area contributed by atoms with Crippen molar-refractivity contribution < 1.29 is 14.7 Å². The highest BCUT2D eigenvalue weighted by atomic mass is 32.1. The maximum absolute atomic E-state index is 11.9. The zero-order chi connectivity index (χ0) is 16.8. The summed E-state index contributed by atoms with van der Waals surface area (Å²) < 4.78 is 0. The first kappa shape index (κ1) is 17.2. The summed E-state index contributed by atoms with van der Waals surface area (Å²) in [5, 5.41) is 18.5. The monoisotopic (exact) mass is 332 g/mol. The standard InChI is InChI=1S/C17H20N2O3S/c1-11(2)12-4-3-5-14(8-12)19-17(22)16(21)18-9-15(20)13-6-7-23-10-13/h3-8,10-11,15,20H,9H2,1-2H3,(H,18,21)(H,19,22). The van der Waals surface area contributed by atoms with Gasteiger partial charge in [0.1, 0.15) is 0 Å². The number of rotatable bonds is 5. The fourth-order valence-corrected chi connectivity index (χ4v) is 2.72. The molecule has 122 valence electrons. The summed E-state index contributed by atoms with van der Waals surface area (Å²) in [6.45, 7) is 4.11. The summed E-state index contributed by atoms with van der Waals surface area (Å²) in [6.07, 6.45) is -0.817. The summed E-state index contributed by atoms with van der Waals surface area (Å²) >= 11 is 1.46. The van der Waals surface area contributed by atoms with Gasteiger partial charge in [0.05, 0.1) is 6.10 Å². The minimum atomic E-state index is -0.817. The van der Waals surface area contributed by atoms with Crippen LogP contribution < -0.4 is 10.6 Å². The van der Waals surface area contributed by atoms with Gasteiger partial charge in [-0.1, -0.05) is 26.0 Å². The van der Waals surface area contributed by atoms with E-state index >= 15 is 0 Å². The molecular weight excluding hydrogens is 312 g/mol. The molecule has 2 aromatic rings. The second-order valence-electron chi connectivity index (χ2n) is 5.52. The predicted molar refractivity (Wildman–Crippen MR) is 91.4 cm³/mol. The van der Waals surface area contributed by atoms with Crippen LogP contribution in [0.25, 0.3) is 0 Å². The summed E-state index contributed by atoms with van der Waals surface area (Å²) in [7, 11) is 0. The van der Waals surface area contributed by atoms with Crippen LogP contribution in [0.5, 0.6) is 0 Å². The first-order chi connectivity index (χ1) is 11.0. The number of hydrogen-bond donors (Lipinski definition) is 3. The second-order valence-corrected chi connectivity index (χ2v) is 6.30. The third kappa shape index (κ3) is 4.91. The van der Waals surface area contributed by atoms with Crippen LogP contribution in [0.4, 0.5) is 5.69 Å². The van der Waals surface area contributed by atoms with Gasteiger partial charge in [0, 0.05) is 12.2 Å². The molecule has 1 aromatic carbocycles. The molecule has 6 heteroatoms. The molecule has 1 atom stereocenters. The fraction of sp³-hybridized carbons (Fsp3) is 0.294. The van der Waals surface area contributed by atoms with E-state index in [-0.39, 0.29) is 6.54 Å². The third-order valence-electron chi connectivity index (χ3n) is 3.40. The van der Waals surface area contributed by atoms with Gasteiger partial charge in [-0.05, 0) is 46.0 Å². The van der Waals surface area contributed by atoms with E-state index in [0.717, 1.165) is 11.1 Å². The Bertz CT molecular complexity index is 668. The van der Waals surface area contributed by atoms with Crippen molar-refractivity contribution >= 4 is 28.8 Å². The van der Waals surface area contributed by atoms with E-state index in [0.29, 0.717) is 11.6 Å². The van der Waals surface area contributed by atoms with Gasteiger partial charge in [-0.25, -0.2) is 0 Å². The molecule has 0 saturated carbocycles. The summed E-state index contributed by atoms with van der Waals surface area (Å²) in [5.74, 6) is -1.18. The van der Waals surface area contributed by atoms with Crippen molar-refractivity contribution in [1.82, 2.24) is 5.32 Å². The number of carbonyl (C=O) groups excluding carboxylic acids is 2. The highest BCUT2D eigenvalue weighted by Gasteiger charge is 2.16. The van der Waals surface area contributed by atoms with Crippen molar-refractivity contribution in [3.05, 3.63) is 52.2 Å². The minimum Gasteiger partial charge on any atom is -0.387 e. The lowest BCUT2D eigenvalue weighted by Gasteiger charge is -2.11. The normalized spacial score (nSPS) is 12.0. The number of hydrogen-bond acceptors (Lipinski definition) is 4. The average Bonchev–Trinajstić information content (AvgIpc) is 3.07. The van der Waals surface area contributed by atoms with Crippen molar-refractivity contribution in [2.45, 2.75) is 25.9 Å². The van der Waals surface area contributed by atoms with Crippen LogP contribution in [0.1, 0.15) is 37.0 Å². The Labute approximate surface area is 139 Å². The molecule has 0 saturated heterocycles. The van der Waals surface area contributed by atoms with Crippen molar-refractivity contribution in [1.29, 1.82) is 0 Å². The molecule has 0 spiro atoms. The van der Waals surface area contributed by atoms with Crippen LogP contribution in [0.2, 0.25) is 0 Å². The Kier molecular flexibility index (Phi) is 5.90. The first-order valence-electron chi connectivity index (χ1n) is 7.36. The van der Waals surface area contributed by atoms with Crippen molar-refractivity contribution in [3.8, 4) is 0 Å². The molecule has 0 aliphatic carbocycles. The Morgan fingerprint density at radius 1 is 1.17 bits per heavy atom. The van der Waals surface area contributed by atoms with Crippen LogP contribution in [0.15, 0.2) is 41.1 Å². The number of carbonyl (C=O) groups is 2. The quantitative estimate of drug-likeness (QED) is 0.737. The number of aliphatic hydroxyl groups excluding tert-OH is 1. The summed E-state index contributed by atoms with van der Waals surface area (Å²) in [5.41, 5.74) is 2.38. The van der Waals surface area contributed by atoms with Crippen LogP contribution in [0, 0.1) is 0 Å². The highest BCUT2D eigenvalue weighted by molar-refractivity contribution is 7.07. The molecule has 2 amide bonds. The van der Waals surface area contributed by atoms with Gasteiger partial charge < -0.3 is 15.7 Å². The largest absolute Gasteiger partial charge is 0.387 e. The van der Waals surface area contributed by atoms with Gasteiger partial charge in [-0.2, -0.15) is 11.3 Å². The predicted octanol–water partition coefficient (Wildman–Crippen LogP) is 2.66.